The van der Waals surface area contributed by atoms with Gasteiger partial charge in [0.2, 0.25) is 0 Å². The van der Waals surface area contributed by atoms with Crippen LogP contribution >= 0.6 is 0 Å². The molecule has 0 N–H and O–H groups in total. The van der Waals surface area contributed by atoms with E-state index in [1.54, 1.807) is 0 Å². The largest absolute Gasteiger partial charge is 1.00 e. The molecule has 2 aromatic rings. The molecular formula is C32H54Cl2N2. The maximum atomic E-state index is 2.42. The third-order valence-corrected chi connectivity index (χ3v) is 8.00. The van der Waals surface area contributed by atoms with Crippen molar-refractivity contribution in [2.24, 2.45) is 0 Å². The summed E-state index contributed by atoms with van der Waals surface area (Å²) < 4.78 is 2.29. The van der Waals surface area contributed by atoms with Crippen LogP contribution in [-0.2, 0) is 13.1 Å². The van der Waals surface area contributed by atoms with Gasteiger partial charge in [0.1, 0.15) is 13.1 Å². The fraction of sp³-hybridized carbons (Fsp3) is 0.625. The van der Waals surface area contributed by atoms with E-state index in [2.05, 4.69) is 90.3 Å². The van der Waals surface area contributed by atoms with Gasteiger partial charge in [-0.15, -0.1) is 0 Å². The zero-order valence-corrected chi connectivity index (χ0v) is 25.7. The molecule has 2 aromatic carbocycles. The van der Waals surface area contributed by atoms with E-state index in [0.717, 1.165) is 22.1 Å². The number of rotatable bonds is 17. The van der Waals surface area contributed by atoms with Crippen LogP contribution in [0.5, 0.6) is 0 Å². The fourth-order valence-corrected chi connectivity index (χ4v) is 5.03. The lowest BCUT2D eigenvalue weighted by Gasteiger charge is -2.34. The van der Waals surface area contributed by atoms with Crippen molar-refractivity contribution in [1.29, 1.82) is 0 Å². The zero-order chi connectivity index (χ0) is 24.9. The minimum Gasteiger partial charge on any atom is -1.00 e. The number of hydrogen-bond donors (Lipinski definition) is 0. The minimum absolute atomic E-state index is 0. The number of quaternary nitrogens is 2. The quantitative estimate of drug-likeness (QED) is 0.215. The Hall–Kier alpha value is -1.06. The predicted octanol–water partition coefficient (Wildman–Crippen LogP) is 2.46. The van der Waals surface area contributed by atoms with Gasteiger partial charge >= 0.3 is 0 Å². The standard InChI is InChI=1S/C32H54N2.2ClH/c1-7-11-13-15-25-33(5,9-3)27-29-17-21-31(22-18-29)32-23-19-30(20-24-32)28-34(6,10-4)26-16-14-12-8-2;;/h17-24H,7-16,25-28H2,1-6H3;2*1H/q+2;;/p-2. The molecule has 206 valence electrons. The highest BCUT2D eigenvalue weighted by Gasteiger charge is 2.20. The van der Waals surface area contributed by atoms with E-state index in [4.69, 9.17) is 0 Å². The summed E-state index contributed by atoms with van der Waals surface area (Å²) >= 11 is 0. The maximum absolute atomic E-state index is 2.42. The molecule has 0 saturated heterocycles. The number of nitrogens with zero attached hydrogens (tertiary/aromatic N) is 2. The van der Waals surface area contributed by atoms with Gasteiger partial charge in [-0.1, -0.05) is 88.1 Å². The Bertz CT molecular complexity index is 736. The lowest BCUT2D eigenvalue weighted by molar-refractivity contribution is -0.921. The van der Waals surface area contributed by atoms with Gasteiger partial charge in [-0.2, -0.15) is 0 Å². The van der Waals surface area contributed by atoms with Crippen molar-refractivity contribution in [2.75, 3.05) is 40.3 Å². The van der Waals surface area contributed by atoms with E-state index in [0.29, 0.717) is 0 Å². The molecule has 0 aliphatic rings. The predicted molar refractivity (Wildman–Crippen MR) is 151 cm³/mol. The molecule has 4 heteroatoms. The van der Waals surface area contributed by atoms with Crippen molar-refractivity contribution in [2.45, 2.75) is 92.2 Å². The van der Waals surface area contributed by atoms with E-state index in [1.165, 1.54) is 99.8 Å². The molecule has 0 aliphatic carbocycles. The first kappa shape index (κ1) is 34.9. The molecule has 0 fully saturated rings. The number of unbranched alkanes of at least 4 members (excludes halogenated alkanes) is 6. The molecule has 2 rings (SSSR count). The molecule has 0 radical (unpaired) electrons. The Balaban J connectivity index is 0.00000612. The highest BCUT2D eigenvalue weighted by atomic mass is 35.5. The maximum Gasteiger partial charge on any atom is 0.104 e. The van der Waals surface area contributed by atoms with Crippen LogP contribution in [0.25, 0.3) is 11.1 Å². The monoisotopic (exact) mass is 536 g/mol. The van der Waals surface area contributed by atoms with Gasteiger partial charge in [-0.25, -0.2) is 0 Å². The third kappa shape index (κ3) is 12.0. The lowest BCUT2D eigenvalue weighted by atomic mass is 10.0. The van der Waals surface area contributed by atoms with Crippen LogP contribution in [0.4, 0.5) is 0 Å². The molecule has 0 amide bonds. The summed E-state index contributed by atoms with van der Waals surface area (Å²) in [5.41, 5.74) is 5.58. The molecule has 2 nitrogen and oxygen atoms in total. The molecule has 0 bridgehead atoms. The van der Waals surface area contributed by atoms with Crippen molar-refractivity contribution in [3.8, 4) is 11.1 Å². The topological polar surface area (TPSA) is 0 Å². The second kappa shape index (κ2) is 18.2. The van der Waals surface area contributed by atoms with Crippen LogP contribution in [0.1, 0.15) is 90.2 Å². The molecule has 0 spiro atoms. The highest BCUT2D eigenvalue weighted by Crippen LogP contribution is 2.23. The summed E-state index contributed by atoms with van der Waals surface area (Å²) in [7, 11) is 4.84. The first-order chi connectivity index (χ1) is 16.4. The lowest BCUT2D eigenvalue weighted by Crippen LogP contribution is -3.00. The SMILES string of the molecule is CCCCCC[N+](C)(CC)Cc1ccc(-c2ccc(C[N+](C)(CC)CCCCCC)cc2)cc1.[Cl-].[Cl-]. The van der Waals surface area contributed by atoms with Crippen molar-refractivity contribution in [3.63, 3.8) is 0 Å². The van der Waals surface area contributed by atoms with E-state index in [-0.39, 0.29) is 24.8 Å². The average molecular weight is 538 g/mol. The normalized spacial score (nSPS) is 14.3. The van der Waals surface area contributed by atoms with Crippen molar-refractivity contribution < 1.29 is 33.8 Å². The van der Waals surface area contributed by atoms with Crippen LogP contribution < -0.4 is 24.8 Å². The highest BCUT2D eigenvalue weighted by molar-refractivity contribution is 5.63. The number of hydrogen-bond acceptors (Lipinski definition) is 0. The molecule has 0 heterocycles. The van der Waals surface area contributed by atoms with E-state index in [9.17, 15) is 0 Å². The van der Waals surface area contributed by atoms with Gasteiger partial charge in [0.15, 0.2) is 0 Å². The van der Waals surface area contributed by atoms with Gasteiger partial charge in [0.25, 0.3) is 0 Å². The second-order valence-corrected chi connectivity index (χ2v) is 11.2. The number of benzene rings is 2. The van der Waals surface area contributed by atoms with Gasteiger partial charge < -0.3 is 33.8 Å². The van der Waals surface area contributed by atoms with Crippen molar-refractivity contribution in [3.05, 3.63) is 59.7 Å². The van der Waals surface area contributed by atoms with Crippen molar-refractivity contribution in [1.82, 2.24) is 0 Å². The Labute approximate surface area is 236 Å². The summed E-state index contributed by atoms with van der Waals surface area (Å²) in [5.74, 6) is 0. The summed E-state index contributed by atoms with van der Waals surface area (Å²) in [5, 5.41) is 0. The Morgan fingerprint density at radius 2 is 0.806 bits per heavy atom. The molecule has 2 atom stereocenters. The molecule has 2 unspecified atom stereocenters. The van der Waals surface area contributed by atoms with Crippen molar-refractivity contribution >= 4 is 0 Å². The Kier molecular flexibility index (Phi) is 17.7. The smallest absolute Gasteiger partial charge is 0.104 e. The molecule has 0 saturated carbocycles. The minimum atomic E-state index is 0. The van der Waals surface area contributed by atoms with Gasteiger partial charge in [-0.05, 0) is 50.7 Å². The van der Waals surface area contributed by atoms with Gasteiger partial charge in [0, 0.05) is 11.1 Å². The third-order valence-electron chi connectivity index (χ3n) is 8.00. The first-order valence-corrected chi connectivity index (χ1v) is 14.2. The molecular weight excluding hydrogens is 483 g/mol. The molecule has 36 heavy (non-hydrogen) atoms. The zero-order valence-electron chi connectivity index (χ0n) is 24.2. The van der Waals surface area contributed by atoms with Crippen LogP contribution in [-0.4, -0.2) is 49.2 Å². The summed E-state index contributed by atoms with van der Waals surface area (Å²) in [6, 6.07) is 18.7. The fourth-order valence-electron chi connectivity index (χ4n) is 5.03. The number of halogens is 2. The van der Waals surface area contributed by atoms with E-state index in [1.807, 2.05) is 0 Å². The summed E-state index contributed by atoms with van der Waals surface area (Å²) in [6.07, 6.45) is 10.8. The molecule has 0 aromatic heterocycles. The van der Waals surface area contributed by atoms with Crippen LogP contribution in [0.2, 0.25) is 0 Å². The van der Waals surface area contributed by atoms with Crippen LogP contribution in [0, 0.1) is 0 Å². The first-order valence-electron chi connectivity index (χ1n) is 14.2. The Morgan fingerprint density at radius 1 is 0.472 bits per heavy atom. The van der Waals surface area contributed by atoms with Gasteiger partial charge in [-0.3, -0.25) is 0 Å². The van der Waals surface area contributed by atoms with E-state index < -0.39 is 0 Å². The Morgan fingerprint density at radius 3 is 1.08 bits per heavy atom. The van der Waals surface area contributed by atoms with E-state index >= 15 is 0 Å². The average Bonchev–Trinajstić information content (AvgIpc) is 2.86. The van der Waals surface area contributed by atoms with Crippen LogP contribution in [0.3, 0.4) is 0 Å². The van der Waals surface area contributed by atoms with Gasteiger partial charge in [0.05, 0.1) is 40.3 Å². The van der Waals surface area contributed by atoms with Crippen LogP contribution in [0.15, 0.2) is 48.5 Å². The summed E-state index contributed by atoms with van der Waals surface area (Å²) in [6.45, 7) is 16.5. The summed E-state index contributed by atoms with van der Waals surface area (Å²) in [4.78, 5) is 0. The molecule has 0 aliphatic heterocycles. The second-order valence-electron chi connectivity index (χ2n) is 11.2.